The number of quaternary nitrogens is 1. The van der Waals surface area contributed by atoms with Crippen LogP contribution >= 0.6 is 0 Å². The van der Waals surface area contributed by atoms with Crippen molar-refractivity contribution in [2.75, 3.05) is 18.8 Å². The molecule has 140 valence electrons. The Morgan fingerprint density at radius 1 is 1.26 bits per heavy atom. The van der Waals surface area contributed by atoms with E-state index in [1.54, 1.807) is 23.2 Å². The van der Waals surface area contributed by atoms with Gasteiger partial charge in [0.1, 0.15) is 0 Å². The molecule has 1 aliphatic heterocycles. The van der Waals surface area contributed by atoms with Crippen molar-refractivity contribution in [3.63, 3.8) is 0 Å². The van der Waals surface area contributed by atoms with Crippen molar-refractivity contribution >= 4 is 11.6 Å². The Balaban J connectivity index is 1.92. The van der Waals surface area contributed by atoms with E-state index in [-0.39, 0.29) is 28.7 Å². The molecule has 2 aromatic rings. The van der Waals surface area contributed by atoms with Crippen LogP contribution in [0.15, 0.2) is 72.6 Å². The summed E-state index contributed by atoms with van der Waals surface area (Å²) in [6, 6.07) is 14.5. The van der Waals surface area contributed by atoms with Gasteiger partial charge in [0, 0.05) is 6.92 Å². The first-order chi connectivity index (χ1) is 12.9. The van der Waals surface area contributed by atoms with Gasteiger partial charge in [0.15, 0.2) is 22.9 Å². The highest BCUT2D eigenvalue weighted by atomic mass is 16.5. The molecule has 0 saturated carbocycles. The summed E-state index contributed by atoms with van der Waals surface area (Å²) in [6.07, 6.45) is 2.46. The molecule has 1 atom stereocenters. The first-order valence-electron chi connectivity index (χ1n) is 8.66. The fraction of sp³-hybridized carbons (Fsp3) is 0.190. The third-order valence-electron chi connectivity index (χ3n) is 4.85. The van der Waals surface area contributed by atoms with Gasteiger partial charge in [-0.25, -0.2) is 0 Å². The highest BCUT2D eigenvalue weighted by molar-refractivity contribution is 6.05. The predicted molar refractivity (Wildman–Crippen MR) is 105 cm³/mol. The number of aromatic hydroxyl groups is 1. The van der Waals surface area contributed by atoms with E-state index in [1.807, 2.05) is 50.4 Å². The summed E-state index contributed by atoms with van der Waals surface area (Å²) in [5.41, 5.74) is 8.63. The summed E-state index contributed by atoms with van der Waals surface area (Å²) in [5, 5.41) is 11.7. The molecule has 0 bridgehead atoms. The molecule has 1 amide bonds. The highest BCUT2D eigenvalue weighted by Gasteiger charge is 2.49. The number of carbonyl (C=O) groups is 1. The fourth-order valence-electron chi connectivity index (χ4n) is 3.14. The lowest BCUT2D eigenvalue weighted by Crippen LogP contribution is -2.56. The third-order valence-corrected chi connectivity index (χ3v) is 4.85. The molecule has 1 unspecified atom stereocenters. The normalized spacial score (nSPS) is 19.5. The van der Waals surface area contributed by atoms with Crippen LogP contribution in [0.5, 0.6) is 11.5 Å². The number of ether oxygens (including phenoxy) is 1. The van der Waals surface area contributed by atoms with Crippen LogP contribution in [-0.4, -0.2) is 29.4 Å². The Morgan fingerprint density at radius 3 is 2.63 bits per heavy atom. The van der Waals surface area contributed by atoms with E-state index in [0.29, 0.717) is 17.9 Å². The summed E-state index contributed by atoms with van der Waals surface area (Å²) < 4.78 is 5.98. The fourth-order valence-corrected chi connectivity index (χ4v) is 3.14. The van der Waals surface area contributed by atoms with Crippen molar-refractivity contribution in [3.05, 3.63) is 78.1 Å². The van der Waals surface area contributed by atoms with Crippen molar-refractivity contribution in [1.82, 2.24) is 0 Å². The molecule has 3 N–H and O–H groups in total. The van der Waals surface area contributed by atoms with Gasteiger partial charge in [-0.15, -0.1) is 11.6 Å². The number of para-hydroxylation sites is 1. The van der Waals surface area contributed by atoms with Gasteiger partial charge >= 0.3 is 5.91 Å². The van der Waals surface area contributed by atoms with Crippen LogP contribution in [-0.2, 0) is 11.2 Å². The number of hydrogen-bond donors (Lipinski definition) is 2. The summed E-state index contributed by atoms with van der Waals surface area (Å²) in [4.78, 5) is 12.8. The van der Waals surface area contributed by atoms with Gasteiger partial charge in [0.05, 0.1) is 12.7 Å². The van der Waals surface area contributed by atoms with E-state index in [2.05, 4.69) is 6.58 Å². The Morgan fingerprint density at radius 2 is 1.96 bits per heavy atom. The zero-order valence-corrected chi connectivity index (χ0v) is 15.6. The quantitative estimate of drug-likeness (QED) is 0.609. The van der Waals surface area contributed by atoms with Gasteiger partial charge in [-0.2, -0.15) is 4.59 Å². The second kappa shape index (κ2) is 7.17. The highest BCUT2D eigenvalue weighted by Crippen LogP contribution is 2.35. The van der Waals surface area contributed by atoms with Gasteiger partial charge in [-0.3, -0.25) is 4.79 Å². The molecule has 27 heavy (non-hydrogen) atoms. The second-order valence-corrected chi connectivity index (χ2v) is 6.66. The number of nitrogens with zero attached hydrogens (tertiary/aromatic N) is 2. The number of phenolic OH excluding ortho intramolecular Hbond substituents is 1. The summed E-state index contributed by atoms with van der Waals surface area (Å²) in [5.74, 6) is 0.127. The van der Waals surface area contributed by atoms with Gasteiger partial charge in [-0.1, -0.05) is 30.3 Å². The molecule has 0 aromatic heterocycles. The van der Waals surface area contributed by atoms with Crippen molar-refractivity contribution in [3.8, 4) is 11.5 Å². The van der Waals surface area contributed by atoms with Crippen molar-refractivity contribution in [2.24, 2.45) is 5.73 Å². The third kappa shape index (κ3) is 3.27. The zero-order valence-electron chi connectivity index (χ0n) is 15.6. The van der Waals surface area contributed by atoms with Crippen LogP contribution < -0.4 is 15.5 Å². The summed E-state index contributed by atoms with van der Waals surface area (Å²) >= 11 is 0. The van der Waals surface area contributed by atoms with Crippen LogP contribution in [0.2, 0.25) is 0 Å². The number of anilines is 1. The molecule has 3 rings (SSSR count). The van der Waals surface area contributed by atoms with Crippen molar-refractivity contribution in [2.45, 2.75) is 13.3 Å². The number of carbonyl (C=O) groups excluding carboxylic acids is 1. The molecule has 0 saturated heterocycles. The number of nitrogens with two attached hydrogens (primary N) is 1. The first kappa shape index (κ1) is 18.5. The van der Waals surface area contributed by atoms with Crippen molar-refractivity contribution < 1.29 is 19.2 Å². The molecular formula is C21H24N3O3+. The Bertz CT molecular complexity index is 908. The lowest BCUT2D eigenvalue weighted by Gasteiger charge is -2.36. The largest absolute Gasteiger partial charge is 0.504 e. The Kier molecular flexibility index (Phi) is 4.92. The number of rotatable bonds is 6. The smallest absolute Gasteiger partial charge is 0.326 e. The van der Waals surface area contributed by atoms with Gasteiger partial charge in [0.2, 0.25) is 0 Å². The van der Waals surface area contributed by atoms with E-state index < -0.39 is 0 Å². The molecule has 1 aliphatic rings. The van der Waals surface area contributed by atoms with Gasteiger partial charge in [0.25, 0.3) is 6.73 Å². The lowest BCUT2D eigenvalue weighted by atomic mass is 10.1. The first-order valence-corrected chi connectivity index (χ1v) is 8.66. The van der Waals surface area contributed by atoms with Crippen LogP contribution in [0.1, 0.15) is 12.5 Å². The standard InChI is InChI=1S/C21H23N3O3/c1-4-8-16-11-12-18(25)19(13-16)27-14-24(3)15(2)20(22)21(26)23(24)17-9-6-5-7-10-17/h4-7,9-13H,1,8,14,22H2,2-3H3/p+1. The number of phenols is 1. The molecule has 1 heterocycles. The van der Waals surface area contributed by atoms with Crippen LogP contribution in [0.25, 0.3) is 0 Å². The minimum Gasteiger partial charge on any atom is -0.504 e. The second-order valence-electron chi connectivity index (χ2n) is 6.66. The summed E-state index contributed by atoms with van der Waals surface area (Å²) in [6.45, 7) is 5.64. The van der Waals surface area contributed by atoms with Crippen LogP contribution in [0.4, 0.5) is 5.69 Å². The number of hydrogen-bond acceptors (Lipinski definition) is 4. The van der Waals surface area contributed by atoms with E-state index in [1.165, 1.54) is 0 Å². The average Bonchev–Trinajstić information content (AvgIpc) is 2.84. The monoisotopic (exact) mass is 366 g/mol. The molecule has 0 fully saturated rings. The molecule has 6 nitrogen and oxygen atoms in total. The van der Waals surface area contributed by atoms with E-state index in [9.17, 15) is 9.90 Å². The van der Waals surface area contributed by atoms with Crippen molar-refractivity contribution in [1.29, 1.82) is 0 Å². The maximum Gasteiger partial charge on any atom is 0.326 e. The minimum atomic E-state index is -0.269. The van der Waals surface area contributed by atoms with Gasteiger partial charge < -0.3 is 15.6 Å². The maximum atomic E-state index is 12.8. The zero-order chi connectivity index (χ0) is 19.6. The van der Waals surface area contributed by atoms with E-state index in [0.717, 1.165) is 11.3 Å². The molecule has 0 spiro atoms. The topological polar surface area (TPSA) is 75.8 Å². The Labute approximate surface area is 158 Å². The minimum absolute atomic E-state index is 0.0415. The van der Waals surface area contributed by atoms with Crippen LogP contribution in [0, 0.1) is 0 Å². The summed E-state index contributed by atoms with van der Waals surface area (Å²) in [7, 11) is 1.85. The predicted octanol–water partition coefficient (Wildman–Crippen LogP) is 3.06. The van der Waals surface area contributed by atoms with Crippen LogP contribution in [0.3, 0.4) is 0 Å². The molecule has 0 radical (unpaired) electrons. The molecular weight excluding hydrogens is 342 g/mol. The number of allylic oxidation sites excluding steroid dienone is 2. The molecule has 2 aromatic carbocycles. The average molecular weight is 366 g/mol. The maximum absolute atomic E-state index is 12.8. The Hall–Kier alpha value is -3.25. The van der Waals surface area contributed by atoms with E-state index in [4.69, 9.17) is 10.5 Å². The number of amides is 1. The van der Waals surface area contributed by atoms with E-state index >= 15 is 0 Å². The van der Waals surface area contributed by atoms with Gasteiger partial charge in [-0.05, 0) is 36.2 Å². The molecule has 0 aliphatic carbocycles. The molecule has 6 heteroatoms. The SMILES string of the molecule is C=CCc1ccc(O)c(OC[N+]2(C)C(C)=C(N)C(=O)N2c2ccccc2)c1. The lowest BCUT2D eigenvalue weighted by molar-refractivity contribution is -0.886. The number of benzene rings is 2.